The minimum atomic E-state index is -0.248. The molecule has 1 N–H and O–H groups in total. The fourth-order valence-corrected chi connectivity index (χ4v) is 1.20. The fraction of sp³-hybridized carbons (Fsp3) is 0.154. The Hall–Kier alpha value is -2.41. The van der Waals surface area contributed by atoms with Crippen molar-refractivity contribution in [3.8, 4) is 6.07 Å². The Labute approximate surface area is 99.5 Å². The molecule has 0 aliphatic carbocycles. The van der Waals surface area contributed by atoms with Crippen molar-refractivity contribution >= 4 is 17.7 Å². The Morgan fingerprint density at radius 2 is 1.94 bits per heavy atom. The van der Waals surface area contributed by atoms with E-state index in [0.717, 1.165) is 0 Å². The van der Waals surface area contributed by atoms with Gasteiger partial charge < -0.3 is 5.11 Å². The Balaban J connectivity index is 2.94. The van der Waals surface area contributed by atoms with Crippen LogP contribution >= 0.6 is 0 Å². The van der Waals surface area contributed by atoms with Gasteiger partial charge in [0.1, 0.15) is 5.76 Å². The van der Waals surface area contributed by atoms with Gasteiger partial charge in [-0.1, -0.05) is 0 Å². The third kappa shape index (κ3) is 3.58. The van der Waals surface area contributed by atoms with Crippen molar-refractivity contribution in [1.29, 1.82) is 5.26 Å². The molecule has 0 heterocycles. The maximum Gasteiger partial charge on any atom is 0.164 e. The monoisotopic (exact) mass is 228 g/mol. The highest BCUT2D eigenvalue weighted by Crippen LogP contribution is 2.13. The van der Waals surface area contributed by atoms with Gasteiger partial charge in [0.15, 0.2) is 5.78 Å². The van der Waals surface area contributed by atoms with Crippen LogP contribution in [0.1, 0.15) is 19.4 Å². The fourth-order valence-electron chi connectivity index (χ4n) is 1.20. The van der Waals surface area contributed by atoms with Crippen molar-refractivity contribution in [3.63, 3.8) is 0 Å². The number of aliphatic hydroxyl groups is 1. The second-order valence-electron chi connectivity index (χ2n) is 3.47. The number of carbonyl (C=O) groups is 1. The van der Waals surface area contributed by atoms with E-state index in [1.54, 1.807) is 24.3 Å². The van der Waals surface area contributed by atoms with Crippen LogP contribution in [0, 0.1) is 11.3 Å². The summed E-state index contributed by atoms with van der Waals surface area (Å²) in [6.45, 7) is 2.79. The number of carbonyl (C=O) groups excluding carboxylic acids is 1. The molecule has 4 heteroatoms. The minimum absolute atomic E-state index is 0.0603. The number of Topliss-reactive ketones (excluding diaryl/α,β-unsaturated/α-hetero) is 1. The third-order valence-corrected chi connectivity index (χ3v) is 2.11. The second kappa shape index (κ2) is 5.61. The largest absolute Gasteiger partial charge is 0.512 e. The van der Waals surface area contributed by atoms with Gasteiger partial charge in [0.25, 0.3) is 0 Å². The Kier molecular flexibility index (Phi) is 4.18. The van der Waals surface area contributed by atoms with Gasteiger partial charge in [-0.25, -0.2) is 0 Å². The molecule has 4 nitrogen and oxygen atoms in total. The van der Waals surface area contributed by atoms with E-state index in [9.17, 15) is 9.90 Å². The number of nitriles is 1. The van der Waals surface area contributed by atoms with E-state index in [0.29, 0.717) is 11.3 Å². The van der Waals surface area contributed by atoms with Crippen molar-refractivity contribution in [2.75, 3.05) is 0 Å². The lowest BCUT2D eigenvalue weighted by molar-refractivity contribution is -0.113. The number of rotatable bonds is 3. The van der Waals surface area contributed by atoms with Crippen molar-refractivity contribution < 1.29 is 9.90 Å². The van der Waals surface area contributed by atoms with Gasteiger partial charge >= 0.3 is 0 Å². The molecule has 0 aliphatic heterocycles. The number of hydrogen-bond donors (Lipinski definition) is 1. The first kappa shape index (κ1) is 12.7. The number of aliphatic imine (C=N–C) groups is 1. The van der Waals surface area contributed by atoms with E-state index in [1.807, 2.05) is 6.07 Å². The summed E-state index contributed by atoms with van der Waals surface area (Å²) >= 11 is 0. The molecule has 0 bridgehead atoms. The summed E-state index contributed by atoms with van der Waals surface area (Å²) in [5, 5.41) is 17.9. The first-order valence-electron chi connectivity index (χ1n) is 4.99. The topological polar surface area (TPSA) is 73.5 Å². The van der Waals surface area contributed by atoms with Gasteiger partial charge in [-0.15, -0.1) is 0 Å². The van der Waals surface area contributed by atoms with Gasteiger partial charge in [-0.3, -0.25) is 9.79 Å². The van der Waals surface area contributed by atoms with Gasteiger partial charge in [0, 0.05) is 6.21 Å². The van der Waals surface area contributed by atoms with Crippen LogP contribution in [-0.4, -0.2) is 17.1 Å². The zero-order chi connectivity index (χ0) is 12.8. The lowest BCUT2D eigenvalue weighted by Gasteiger charge is -1.98. The van der Waals surface area contributed by atoms with Crippen molar-refractivity contribution in [3.05, 3.63) is 41.2 Å². The highest BCUT2D eigenvalue weighted by molar-refractivity contribution is 6.12. The zero-order valence-corrected chi connectivity index (χ0v) is 9.64. The number of benzene rings is 1. The average molecular weight is 228 g/mol. The van der Waals surface area contributed by atoms with E-state index in [-0.39, 0.29) is 17.1 Å². The predicted octanol–water partition coefficient (Wildman–Crippen LogP) is 2.68. The summed E-state index contributed by atoms with van der Waals surface area (Å²) in [6, 6.07) is 8.60. The second-order valence-corrected chi connectivity index (χ2v) is 3.47. The van der Waals surface area contributed by atoms with E-state index in [4.69, 9.17) is 5.26 Å². The molecule has 0 aliphatic rings. The van der Waals surface area contributed by atoms with Crippen LogP contribution in [-0.2, 0) is 4.79 Å². The molecule has 0 atom stereocenters. The first-order chi connectivity index (χ1) is 8.04. The third-order valence-electron chi connectivity index (χ3n) is 2.11. The van der Waals surface area contributed by atoms with Gasteiger partial charge in [0.2, 0.25) is 0 Å². The Bertz CT molecular complexity index is 515. The molecule has 1 aromatic rings. The molecule has 0 fully saturated rings. The predicted molar refractivity (Wildman–Crippen MR) is 65.3 cm³/mol. The zero-order valence-electron chi connectivity index (χ0n) is 9.64. The summed E-state index contributed by atoms with van der Waals surface area (Å²) in [7, 11) is 0. The lowest BCUT2D eigenvalue weighted by atomic mass is 10.2. The molecule has 0 aromatic heterocycles. The van der Waals surface area contributed by atoms with Crippen LogP contribution < -0.4 is 0 Å². The molecular formula is C13H12N2O2. The highest BCUT2D eigenvalue weighted by Gasteiger charge is 2.04. The Morgan fingerprint density at radius 1 is 1.35 bits per heavy atom. The van der Waals surface area contributed by atoms with Crippen LogP contribution in [0.25, 0.3) is 0 Å². The lowest BCUT2D eigenvalue weighted by Crippen LogP contribution is -2.01. The normalized spacial score (nSPS) is 12.1. The highest BCUT2D eigenvalue weighted by atomic mass is 16.3. The van der Waals surface area contributed by atoms with Gasteiger partial charge in [-0.2, -0.15) is 5.26 Å². The molecule has 0 spiro atoms. The van der Waals surface area contributed by atoms with Crippen molar-refractivity contribution in [2.45, 2.75) is 13.8 Å². The van der Waals surface area contributed by atoms with Gasteiger partial charge in [0.05, 0.1) is 22.9 Å². The summed E-state index contributed by atoms with van der Waals surface area (Å²) in [4.78, 5) is 15.2. The molecule has 0 amide bonds. The van der Waals surface area contributed by atoms with Crippen molar-refractivity contribution in [2.24, 2.45) is 4.99 Å². The molecule has 0 saturated heterocycles. The maximum absolute atomic E-state index is 11.2. The summed E-state index contributed by atoms with van der Waals surface area (Å²) in [5.74, 6) is -0.308. The van der Waals surface area contributed by atoms with Crippen LogP contribution in [0.15, 0.2) is 40.6 Å². The first-order valence-corrected chi connectivity index (χ1v) is 4.99. The average Bonchev–Trinajstić information content (AvgIpc) is 2.29. The molecule has 1 rings (SSSR count). The number of aliphatic hydroxyl groups excluding tert-OH is 1. The van der Waals surface area contributed by atoms with Crippen molar-refractivity contribution in [1.82, 2.24) is 0 Å². The SMILES string of the molecule is CC(=O)C(C=Nc1ccc(C#N)cc1)=C(C)O. The molecule has 17 heavy (non-hydrogen) atoms. The molecule has 86 valence electrons. The summed E-state index contributed by atoms with van der Waals surface area (Å²) in [5.41, 5.74) is 1.34. The van der Waals surface area contributed by atoms with E-state index in [2.05, 4.69) is 4.99 Å². The number of allylic oxidation sites excluding steroid dienone is 2. The van der Waals surface area contributed by atoms with Crippen LogP contribution in [0.4, 0.5) is 5.69 Å². The smallest absolute Gasteiger partial charge is 0.164 e. The molecule has 0 unspecified atom stereocenters. The van der Waals surface area contributed by atoms with E-state index >= 15 is 0 Å². The number of hydrogen-bond acceptors (Lipinski definition) is 4. The molecular weight excluding hydrogens is 216 g/mol. The maximum atomic E-state index is 11.2. The standard InChI is InChI=1S/C13H12N2O2/c1-9(16)13(10(2)17)8-15-12-5-3-11(7-14)4-6-12/h3-6,8,16H,1-2H3. The minimum Gasteiger partial charge on any atom is -0.512 e. The Morgan fingerprint density at radius 3 is 2.35 bits per heavy atom. The molecule has 0 radical (unpaired) electrons. The van der Waals surface area contributed by atoms with Crippen LogP contribution in [0.5, 0.6) is 0 Å². The van der Waals surface area contributed by atoms with Gasteiger partial charge in [-0.05, 0) is 38.1 Å². The summed E-state index contributed by atoms with van der Waals surface area (Å²) < 4.78 is 0. The molecule has 0 saturated carbocycles. The van der Waals surface area contributed by atoms with Crippen LogP contribution in [0.2, 0.25) is 0 Å². The molecule has 1 aromatic carbocycles. The van der Waals surface area contributed by atoms with Crippen LogP contribution in [0.3, 0.4) is 0 Å². The number of nitrogens with zero attached hydrogens (tertiary/aromatic N) is 2. The van der Waals surface area contributed by atoms with E-state index in [1.165, 1.54) is 20.1 Å². The number of ketones is 1. The van der Waals surface area contributed by atoms with E-state index < -0.39 is 0 Å². The summed E-state index contributed by atoms with van der Waals surface area (Å²) in [6.07, 6.45) is 1.32. The quantitative estimate of drug-likeness (QED) is 0.491.